The van der Waals surface area contributed by atoms with Gasteiger partial charge in [0.1, 0.15) is 5.01 Å². The van der Waals surface area contributed by atoms with Crippen LogP contribution in [-0.2, 0) is 4.79 Å². The van der Waals surface area contributed by atoms with Crippen LogP contribution in [0.3, 0.4) is 0 Å². The van der Waals surface area contributed by atoms with E-state index in [1.165, 1.54) is 12.8 Å². The second-order valence-electron chi connectivity index (χ2n) is 6.98. The molecule has 2 heterocycles. The largest absolute Gasteiger partial charge is 0.326 e. The Labute approximate surface area is 163 Å². The average molecular weight is 391 g/mol. The van der Waals surface area contributed by atoms with Crippen molar-refractivity contribution >= 4 is 34.7 Å². The molecule has 1 amide bonds. The molecule has 0 bridgehead atoms. The van der Waals surface area contributed by atoms with Crippen molar-refractivity contribution < 1.29 is 4.79 Å². The third kappa shape index (κ3) is 5.28. The lowest BCUT2D eigenvalue weighted by Gasteiger charge is -2.28. The number of hydrogen-bond donors (Lipinski definition) is 2. The van der Waals surface area contributed by atoms with Gasteiger partial charge in [-0.2, -0.15) is 0 Å². The molecule has 26 heavy (non-hydrogen) atoms. The first-order chi connectivity index (χ1) is 12.5. The molecule has 1 saturated heterocycles. The highest BCUT2D eigenvalue weighted by Crippen LogP contribution is 2.32. The molecular weight excluding hydrogens is 364 g/mol. The van der Waals surface area contributed by atoms with Gasteiger partial charge in [-0.3, -0.25) is 4.79 Å². The number of amides is 1. The molecule has 1 aliphatic heterocycles. The molecule has 0 aliphatic carbocycles. The molecule has 1 unspecified atom stereocenters. The lowest BCUT2D eigenvalue weighted by Crippen LogP contribution is -2.32. The summed E-state index contributed by atoms with van der Waals surface area (Å²) in [7, 11) is 0. The number of carbonyl (C=O) groups excluding carboxylic acids is 1. The van der Waals surface area contributed by atoms with Gasteiger partial charge >= 0.3 is 0 Å². The van der Waals surface area contributed by atoms with Crippen LogP contribution in [0.1, 0.15) is 36.8 Å². The van der Waals surface area contributed by atoms with E-state index in [2.05, 4.69) is 33.8 Å². The summed E-state index contributed by atoms with van der Waals surface area (Å²) >= 11 is 3.20. The number of nitrogens with zero attached hydrogens (tertiary/aromatic N) is 2. The van der Waals surface area contributed by atoms with Crippen LogP contribution in [0.2, 0.25) is 0 Å². The number of benzene rings is 1. The minimum Gasteiger partial charge on any atom is -0.326 e. The minimum absolute atomic E-state index is 0.110. The van der Waals surface area contributed by atoms with Crippen molar-refractivity contribution in [2.45, 2.75) is 49.3 Å². The van der Waals surface area contributed by atoms with E-state index in [1.807, 2.05) is 26.0 Å². The first kappa shape index (κ1) is 19.3. The summed E-state index contributed by atoms with van der Waals surface area (Å²) in [6.07, 6.45) is 2.93. The van der Waals surface area contributed by atoms with Gasteiger partial charge in [-0.1, -0.05) is 30.0 Å². The fourth-order valence-electron chi connectivity index (χ4n) is 3.33. The molecular formula is C19H26N4OS2. The summed E-state index contributed by atoms with van der Waals surface area (Å²) in [4.78, 5) is 13.6. The Bertz CT molecular complexity index is 756. The quantitative estimate of drug-likeness (QED) is 0.771. The highest BCUT2D eigenvalue weighted by Gasteiger charge is 2.22. The predicted molar refractivity (Wildman–Crippen MR) is 108 cm³/mol. The molecule has 140 valence electrons. The van der Waals surface area contributed by atoms with Crippen LogP contribution in [-0.4, -0.2) is 29.2 Å². The molecule has 1 fully saturated rings. The van der Waals surface area contributed by atoms with Gasteiger partial charge in [0.15, 0.2) is 4.34 Å². The molecule has 7 heteroatoms. The molecule has 1 aliphatic rings. The summed E-state index contributed by atoms with van der Waals surface area (Å²) in [6, 6.07) is 6.10. The topological polar surface area (TPSA) is 66.9 Å². The summed E-state index contributed by atoms with van der Waals surface area (Å²) in [5, 5.41) is 15.6. The summed E-state index contributed by atoms with van der Waals surface area (Å²) in [6.45, 7) is 8.33. The first-order valence-corrected chi connectivity index (χ1v) is 10.7. The van der Waals surface area contributed by atoms with Gasteiger partial charge in [0, 0.05) is 17.0 Å². The minimum atomic E-state index is 0.110. The standard InChI is InChI=1S/C19H26N4OS2/c1-12(15-6-8-20-9-7-15)11-18(24)21-17-5-4-16(10-13(17)2)26-19-23-22-14(3)25-19/h4-5,10,12,15,20H,6-9,11H2,1-3H3,(H,21,24). The van der Waals surface area contributed by atoms with Gasteiger partial charge in [0.05, 0.1) is 0 Å². The maximum Gasteiger partial charge on any atom is 0.224 e. The first-order valence-electron chi connectivity index (χ1n) is 9.10. The number of anilines is 1. The van der Waals surface area contributed by atoms with Crippen molar-refractivity contribution in [1.82, 2.24) is 15.5 Å². The number of piperidine rings is 1. The van der Waals surface area contributed by atoms with Crippen LogP contribution in [0.15, 0.2) is 27.4 Å². The number of aryl methyl sites for hydroxylation is 2. The second-order valence-corrected chi connectivity index (χ2v) is 9.49. The Kier molecular flexibility index (Phi) is 6.67. The normalized spacial score (nSPS) is 16.4. The van der Waals surface area contributed by atoms with E-state index in [4.69, 9.17) is 0 Å². The second kappa shape index (κ2) is 8.97. The molecule has 3 rings (SSSR count). The van der Waals surface area contributed by atoms with Gasteiger partial charge in [0.2, 0.25) is 5.91 Å². The third-order valence-corrected chi connectivity index (χ3v) is 6.76. The number of hydrogen-bond acceptors (Lipinski definition) is 6. The predicted octanol–water partition coefficient (Wildman–Crippen LogP) is 4.27. The van der Waals surface area contributed by atoms with Crippen LogP contribution >= 0.6 is 23.1 Å². The zero-order chi connectivity index (χ0) is 18.5. The van der Waals surface area contributed by atoms with E-state index in [0.29, 0.717) is 18.3 Å². The number of aromatic nitrogens is 2. The van der Waals surface area contributed by atoms with Crippen molar-refractivity contribution in [3.05, 3.63) is 28.8 Å². The fourth-order valence-corrected chi connectivity index (χ4v) is 5.22. The van der Waals surface area contributed by atoms with E-state index in [1.54, 1.807) is 23.1 Å². The van der Waals surface area contributed by atoms with Gasteiger partial charge < -0.3 is 10.6 Å². The van der Waals surface area contributed by atoms with Crippen molar-refractivity contribution in [3.8, 4) is 0 Å². The molecule has 0 spiro atoms. The van der Waals surface area contributed by atoms with Crippen molar-refractivity contribution in [1.29, 1.82) is 0 Å². The van der Waals surface area contributed by atoms with E-state index in [0.717, 1.165) is 38.6 Å². The molecule has 0 saturated carbocycles. The molecule has 1 aromatic heterocycles. The van der Waals surface area contributed by atoms with E-state index < -0.39 is 0 Å². The molecule has 2 aromatic rings. The maximum absolute atomic E-state index is 12.4. The lowest BCUT2D eigenvalue weighted by atomic mass is 9.84. The van der Waals surface area contributed by atoms with Gasteiger partial charge in [-0.15, -0.1) is 10.2 Å². The van der Waals surface area contributed by atoms with Gasteiger partial charge in [-0.25, -0.2) is 0 Å². The van der Waals surface area contributed by atoms with Crippen LogP contribution < -0.4 is 10.6 Å². The summed E-state index contributed by atoms with van der Waals surface area (Å²) in [5.74, 6) is 1.18. The third-order valence-electron chi connectivity index (χ3n) is 4.88. The molecule has 1 atom stereocenters. The zero-order valence-corrected chi connectivity index (χ0v) is 17.2. The van der Waals surface area contributed by atoms with E-state index in [-0.39, 0.29) is 5.91 Å². The van der Waals surface area contributed by atoms with Gasteiger partial charge in [0.25, 0.3) is 0 Å². The average Bonchev–Trinajstić information content (AvgIpc) is 3.03. The molecule has 2 N–H and O–H groups in total. The van der Waals surface area contributed by atoms with Crippen LogP contribution in [0, 0.1) is 25.7 Å². The molecule has 5 nitrogen and oxygen atoms in total. The Balaban J connectivity index is 1.56. The fraction of sp³-hybridized carbons (Fsp3) is 0.526. The van der Waals surface area contributed by atoms with Crippen LogP contribution in [0.4, 0.5) is 5.69 Å². The highest BCUT2D eigenvalue weighted by atomic mass is 32.2. The summed E-state index contributed by atoms with van der Waals surface area (Å²) in [5.41, 5.74) is 1.96. The maximum atomic E-state index is 12.4. The summed E-state index contributed by atoms with van der Waals surface area (Å²) < 4.78 is 0.939. The van der Waals surface area contributed by atoms with Gasteiger partial charge in [-0.05, 0) is 75.4 Å². The van der Waals surface area contributed by atoms with Crippen LogP contribution in [0.5, 0.6) is 0 Å². The lowest BCUT2D eigenvalue weighted by molar-refractivity contribution is -0.117. The molecule has 1 aromatic carbocycles. The Morgan fingerprint density at radius 2 is 2.12 bits per heavy atom. The smallest absolute Gasteiger partial charge is 0.224 e. The van der Waals surface area contributed by atoms with E-state index >= 15 is 0 Å². The SMILES string of the molecule is Cc1nnc(Sc2ccc(NC(=O)CC(C)C3CCNCC3)c(C)c2)s1. The Morgan fingerprint density at radius 3 is 2.77 bits per heavy atom. The number of nitrogens with one attached hydrogen (secondary N) is 2. The van der Waals surface area contributed by atoms with Crippen molar-refractivity contribution in [2.75, 3.05) is 18.4 Å². The number of rotatable bonds is 6. The highest BCUT2D eigenvalue weighted by molar-refractivity contribution is 8.01. The zero-order valence-electron chi connectivity index (χ0n) is 15.5. The Hall–Kier alpha value is -1.44. The number of carbonyl (C=O) groups is 1. The monoisotopic (exact) mass is 390 g/mol. The van der Waals surface area contributed by atoms with Crippen molar-refractivity contribution in [3.63, 3.8) is 0 Å². The molecule has 0 radical (unpaired) electrons. The van der Waals surface area contributed by atoms with Crippen molar-refractivity contribution in [2.24, 2.45) is 11.8 Å². The Morgan fingerprint density at radius 1 is 1.35 bits per heavy atom. The van der Waals surface area contributed by atoms with Crippen LogP contribution in [0.25, 0.3) is 0 Å². The van der Waals surface area contributed by atoms with E-state index in [9.17, 15) is 4.79 Å².